The second-order valence-corrected chi connectivity index (χ2v) is 9.27. The summed E-state index contributed by atoms with van der Waals surface area (Å²) in [5.41, 5.74) is 3.05. The molecule has 0 spiro atoms. The summed E-state index contributed by atoms with van der Waals surface area (Å²) < 4.78 is 16.6. The van der Waals surface area contributed by atoms with E-state index in [2.05, 4.69) is 16.5 Å². The van der Waals surface area contributed by atoms with E-state index in [0.29, 0.717) is 28.9 Å². The second-order valence-electron chi connectivity index (χ2n) is 7.93. The van der Waals surface area contributed by atoms with E-state index in [4.69, 9.17) is 14.0 Å². The van der Waals surface area contributed by atoms with Crippen LogP contribution in [0.4, 0.5) is 5.69 Å². The molecular weight excluding hydrogens is 424 g/mol. The molecule has 7 heteroatoms. The molecule has 3 aromatic rings. The number of nitrogens with one attached hydrogen (secondary N) is 1. The Bertz CT molecular complexity index is 1070. The fraction of sp³-hybridized carbons (Fsp3) is 0.360. The Kier molecular flexibility index (Phi) is 7.05. The van der Waals surface area contributed by atoms with Crippen LogP contribution >= 0.6 is 11.8 Å². The number of carbonyl (C=O) groups excluding carboxylic acids is 1. The maximum atomic E-state index is 13.0. The Balaban J connectivity index is 1.46. The summed E-state index contributed by atoms with van der Waals surface area (Å²) >= 11 is 1.86. The zero-order chi connectivity index (χ0) is 22.5. The number of anilines is 1. The summed E-state index contributed by atoms with van der Waals surface area (Å²) in [6.07, 6.45) is 5.05. The number of rotatable bonds is 8. The number of benzene rings is 2. The fourth-order valence-electron chi connectivity index (χ4n) is 3.84. The quantitative estimate of drug-likeness (QED) is 0.441. The lowest BCUT2D eigenvalue weighted by atomic mass is 10.1. The molecule has 1 amide bonds. The van der Waals surface area contributed by atoms with Crippen molar-refractivity contribution < 1.29 is 18.8 Å². The van der Waals surface area contributed by atoms with Crippen molar-refractivity contribution in [3.8, 4) is 11.5 Å². The largest absolute Gasteiger partial charge is 0.493 e. The van der Waals surface area contributed by atoms with Crippen LogP contribution in [0.5, 0.6) is 11.5 Å². The van der Waals surface area contributed by atoms with Crippen molar-refractivity contribution in [3.63, 3.8) is 0 Å². The number of carbonyl (C=O) groups is 1. The Morgan fingerprint density at radius 3 is 2.66 bits per heavy atom. The van der Waals surface area contributed by atoms with Crippen molar-refractivity contribution >= 4 is 23.4 Å². The van der Waals surface area contributed by atoms with Gasteiger partial charge in [-0.2, -0.15) is 0 Å². The first kappa shape index (κ1) is 22.3. The van der Waals surface area contributed by atoms with Gasteiger partial charge >= 0.3 is 0 Å². The van der Waals surface area contributed by atoms with Crippen LogP contribution in [0, 0.1) is 13.8 Å². The Morgan fingerprint density at radius 1 is 1.16 bits per heavy atom. The lowest BCUT2D eigenvalue weighted by Gasteiger charge is -2.15. The van der Waals surface area contributed by atoms with E-state index in [0.717, 1.165) is 27.6 Å². The summed E-state index contributed by atoms with van der Waals surface area (Å²) in [6.45, 7) is 4.05. The number of para-hydroxylation sites is 1. The minimum absolute atomic E-state index is 0.181. The van der Waals surface area contributed by atoms with Crippen LogP contribution < -0.4 is 14.8 Å². The van der Waals surface area contributed by atoms with Gasteiger partial charge in [0.2, 0.25) is 0 Å². The summed E-state index contributed by atoms with van der Waals surface area (Å²) in [4.78, 5) is 14.1. The van der Waals surface area contributed by atoms with Gasteiger partial charge in [-0.3, -0.25) is 4.79 Å². The SMILES string of the molecule is COc1cc(C(=O)Nc2ccccc2SC2CCCC2)ccc1OCc1c(C)noc1C. The molecule has 1 aliphatic rings. The predicted octanol–water partition coefficient (Wildman–Crippen LogP) is 6.17. The standard InChI is InChI=1S/C25H28N2O4S/c1-16-20(17(2)31-27-16)15-30-22-13-12-18(14-23(22)29-3)25(28)26-21-10-6-7-11-24(21)32-19-8-4-5-9-19/h6-7,10-14,19H,4-5,8-9,15H2,1-3H3,(H,26,28). The molecule has 0 atom stereocenters. The van der Waals surface area contributed by atoms with Crippen LogP contribution in [0.25, 0.3) is 0 Å². The van der Waals surface area contributed by atoms with Crippen LogP contribution in [-0.2, 0) is 6.61 Å². The number of aryl methyl sites for hydroxylation is 2. The summed E-state index contributed by atoms with van der Waals surface area (Å²) in [7, 11) is 1.56. The highest BCUT2D eigenvalue weighted by Gasteiger charge is 2.19. The van der Waals surface area contributed by atoms with Gasteiger partial charge in [-0.05, 0) is 57.0 Å². The minimum Gasteiger partial charge on any atom is -0.493 e. The molecule has 4 rings (SSSR count). The molecular formula is C25H28N2O4S. The van der Waals surface area contributed by atoms with Crippen LogP contribution in [-0.4, -0.2) is 23.4 Å². The van der Waals surface area contributed by atoms with E-state index in [1.807, 2.05) is 43.8 Å². The molecule has 0 aliphatic heterocycles. The van der Waals surface area contributed by atoms with Crippen molar-refractivity contribution in [1.29, 1.82) is 0 Å². The van der Waals surface area contributed by atoms with Gasteiger partial charge in [-0.25, -0.2) is 0 Å². The first-order valence-electron chi connectivity index (χ1n) is 10.8. The maximum Gasteiger partial charge on any atom is 0.255 e. The van der Waals surface area contributed by atoms with Crippen molar-refractivity contribution in [2.75, 3.05) is 12.4 Å². The normalized spacial score (nSPS) is 13.8. The fourth-order valence-corrected chi connectivity index (χ4v) is 5.17. The van der Waals surface area contributed by atoms with Gasteiger partial charge in [-0.15, -0.1) is 11.8 Å². The molecule has 0 bridgehead atoms. The van der Waals surface area contributed by atoms with E-state index < -0.39 is 0 Å². The third kappa shape index (κ3) is 5.10. The lowest BCUT2D eigenvalue weighted by molar-refractivity contribution is 0.102. The molecule has 1 saturated carbocycles. The highest BCUT2D eigenvalue weighted by Crippen LogP contribution is 2.38. The molecule has 1 heterocycles. The first-order valence-corrected chi connectivity index (χ1v) is 11.7. The third-order valence-electron chi connectivity index (χ3n) is 5.71. The van der Waals surface area contributed by atoms with Crippen molar-refractivity contribution in [2.24, 2.45) is 0 Å². The number of nitrogens with zero attached hydrogens (tertiary/aromatic N) is 1. The third-order valence-corrected chi connectivity index (χ3v) is 7.12. The lowest BCUT2D eigenvalue weighted by Crippen LogP contribution is -2.13. The van der Waals surface area contributed by atoms with E-state index in [1.54, 1.807) is 25.3 Å². The van der Waals surface area contributed by atoms with Gasteiger partial charge in [0.15, 0.2) is 11.5 Å². The molecule has 1 fully saturated rings. The van der Waals surface area contributed by atoms with E-state index in [1.165, 1.54) is 25.7 Å². The van der Waals surface area contributed by atoms with E-state index in [-0.39, 0.29) is 5.91 Å². The number of amides is 1. The van der Waals surface area contributed by atoms with Gasteiger partial charge in [0.25, 0.3) is 5.91 Å². The molecule has 2 aromatic carbocycles. The number of hydrogen-bond donors (Lipinski definition) is 1. The molecule has 1 aliphatic carbocycles. The van der Waals surface area contributed by atoms with E-state index >= 15 is 0 Å². The molecule has 32 heavy (non-hydrogen) atoms. The number of ether oxygens (including phenoxy) is 2. The van der Waals surface area contributed by atoms with Gasteiger partial charge < -0.3 is 19.3 Å². The smallest absolute Gasteiger partial charge is 0.255 e. The topological polar surface area (TPSA) is 73.6 Å². The molecule has 0 unspecified atom stereocenters. The number of thioether (sulfide) groups is 1. The number of aromatic nitrogens is 1. The first-order chi connectivity index (χ1) is 15.5. The monoisotopic (exact) mass is 452 g/mol. The molecule has 1 aromatic heterocycles. The Labute approximate surface area is 192 Å². The van der Waals surface area contributed by atoms with Gasteiger partial charge in [-0.1, -0.05) is 30.1 Å². The van der Waals surface area contributed by atoms with Crippen molar-refractivity contribution in [1.82, 2.24) is 5.16 Å². The molecule has 0 radical (unpaired) electrons. The molecule has 1 N–H and O–H groups in total. The Morgan fingerprint density at radius 2 is 1.94 bits per heavy atom. The molecule has 168 valence electrons. The van der Waals surface area contributed by atoms with Crippen LogP contribution in [0.15, 0.2) is 51.9 Å². The molecule has 0 saturated heterocycles. The van der Waals surface area contributed by atoms with Crippen LogP contribution in [0.3, 0.4) is 0 Å². The van der Waals surface area contributed by atoms with Gasteiger partial charge in [0.05, 0.1) is 24.1 Å². The summed E-state index contributed by atoms with van der Waals surface area (Å²) in [5.74, 6) is 1.60. The van der Waals surface area contributed by atoms with Gasteiger partial charge in [0.1, 0.15) is 12.4 Å². The average molecular weight is 453 g/mol. The van der Waals surface area contributed by atoms with Crippen molar-refractivity contribution in [3.05, 3.63) is 65.0 Å². The minimum atomic E-state index is -0.181. The number of methoxy groups -OCH3 is 1. The predicted molar refractivity (Wildman–Crippen MR) is 126 cm³/mol. The highest BCUT2D eigenvalue weighted by atomic mass is 32.2. The Hall–Kier alpha value is -2.93. The zero-order valence-corrected chi connectivity index (χ0v) is 19.5. The second kappa shape index (κ2) is 10.1. The van der Waals surface area contributed by atoms with Gasteiger partial charge in [0, 0.05) is 15.7 Å². The highest BCUT2D eigenvalue weighted by molar-refractivity contribution is 8.00. The average Bonchev–Trinajstić information content (AvgIpc) is 3.43. The molecule has 6 nitrogen and oxygen atoms in total. The van der Waals surface area contributed by atoms with E-state index in [9.17, 15) is 4.79 Å². The maximum absolute atomic E-state index is 13.0. The number of hydrogen-bond acceptors (Lipinski definition) is 6. The zero-order valence-electron chi connectivity index (χ0n) is 18.6. The van der Waals surface area contributed by atoms with Crippen molar-refractivity contribution in [2.45, 2.75) is 56.3 Å². The summed E-state index contributed by atoms with van der Waals surface area (Å²) in [6, 6.07) is 13.2. The summed E-state index contributed by atoms with van der Waals surface area (Å²) in [5, 5.41) is 7.64. The van der Waals surface area contributed by atoms with Crippen LogP contribution in [0.1, 0.15) is 53.1 Å². The van der Waals surface area contributed by atoms with Crippen LogP contribution in [0.2, 0.25) is 0 Å².